The van der Waals surface area contributed by atoms with Crippen molar-refractivity contribution in [1.82, 2.24) is 10.2 Å². The predicted octanol–water partition coefficient (Wildman–Crippen LogP) is 4.42. The summed E-state index contributed by atoms with van der Waals surface area (Å²) in [6.45, 7) is 2.29. The van der Waals surface area contributed by atoms with Crippen LogP contribution in [0.5, 0.6) is 0 Å². The number of aromatic nitrogens is 2. The van der Waals surface area contributed by atoms with Gasteiger partial charge < -0.3 is 9.32 Å². The average molecular weight is 440 g/mol. The lowest BCUT2D eigenvalue weighted by Gasteiger charge is -2.16. The molecule has 0 radical (unpaired) electrons. The second-order valence-electron chi connectivity index (χ2n) is 7.97. The third-order valence-corrected chi connectivity index (χ3v) is 7.80. The Labute approximate surface area is 182 Å². The molecule has 1 aromatic carbocycles. The quantitative estimate of drug-likeness (QED) is 0.433. The van der Waals surface area contributed by atoms with E-state index in [1.54, 1.807) is 29.4 Å². The number of nitrogens with zero attached hydrogens (tertiary/aromatic N) is 3. The molecule has 1 atom stereocenters. The fourth-order valence-corrected chi connectivity index (χ4v) is 5.82. The molecular weight excluding hydrogens is 418 g/mol. The molecular formula is C22H21N3O3S2. The van der Waals surface area contributed by atoms with Crippen LogP contribution in [0.2, 0.25) is 0 Å². The number of rotatable bonds is 5. The summed E-state index contributed by atoms with van der Waals surface area (Å²) in [6.07, 6.45) is 3.80. The standard InChI is InChI=1S/C22H21N3O3S2/c1-12-3-6-18-15(7-12)9-19(30-18)21-23-24-22(28-21)29-11-17(26)13-4-5-16-14(8-13)10-20(27)25(16)2/h4-5,8-9,12H,3,6-7,10-11H2,1-2H3/t12-/m1/s1. The van der Waals surface area contributed by atoms with Gasteiger partial charge in [-0.15, -0.1) is 21.5 Å². The molecule has 154 valence electrons. The van der Waals surface area contributed by atoms with E-state index in [2.05, 4.69) is 23.2 Å². The number of thiophene rings is 1. The number of benzene rings is 1. The molecule has 0 N–H and O–H groups in total. The molecule has 30 heavy (non-hydrogen) atoms. The minimum absolute atomic E-state index is 0.0230. The molecule has 5 rings (SSSR count). The van der Waals surface area contributed by atoms with Gasteiger partial charge in [0.2, 0.25) is 5.91 Å². The van der Waals surface area contributed by atoms with Crippen molar-refractivity contribution in [3.05, 3.63) is 45.8 Å². The molecule has 0 fully saturated rings. The van der Waals surface area contributed by atoms with Crippen LogP contribution in [0.15, 0.2) is 33.9 Å². The molecule has 1 aliphatic heterocycles. The number of carbonyl (C=O) groups is 2. The Bertz CT molecular complexity index is 1150. The third kappa shape index (κ3) is 3.58. The van der Waals surface area contributed by atoms with Crippen LogP contribution in [0.4, 0.5) is 5.69 Å². The van der Waals surface area contributed by atoms with E-state index >= 15 is 0 Å². The van der Waals surface area contributed by atoms with E-state index in [9.17, 15) is 9.59 Å². The molecule has 0 saturated heterocycles. The van der Waals surface area contributed by atoms with Gasteiger partial charge in [0.05, 0.1) is 17.1 Å². The summed E-state index contributed by atoms with van der Waals surface area (Å²) >= 11 is 2.98. The van der Waals surface area contributed by atoms with Gasteiger partial charge in [-0.1, -0.05) is 18.7 Å². The van der Waals surface area contributed by atoms with Gasteiger partial charge in [-0.2, -0.15) is 0 Å². The van der Waals surface area contributed by atoms with E-state index in [-0.39, 0.29) is 17.4 Å². The highest BCUT2D eigenvalue weighted by atomic mass is 32.2. The summed E-state index contributed by atoms with van der Waals surface area (Å²) in [5.74, 6) is 1.48. The van der Waals surface area contributed by atoms with E-state index < -0.39 is 0 Å². The van der Waals surface area contributed by atoms with Crippen molar-refractivity contribution in [2.45, 2.75) is 37.8 Å². The Balaban J connectivity index is 1.25. The zero-order valence-electron chi connectivity index (χ0n) is 16.8. The first-order valence-electron chi connectivity index (χ1n) is 9.99. The number of hydrogen-bond acceptors (Lipinski definition) is 7. The molecule has 1 amide bonds. The van der Waals surface area contributed by atoms with Gasteiger partial charge in [0.1, 0.15) is 0 Å². The smallest absolute Gasteiger partial charge is 0.277 e. The van der Waals surface area contributed by atoms with Gasteiger partial charge in [-0.25, -0.2) is 0 Å². The predicted molar refractivity (Wildman–Crippen MR) is 117 cm³/mol. The number of aryl methyl sites for hydroxylation is 1. The van der Waals surface area contributed by atoms with Gasteiger partial charge in [0.15, 0.2) is 5.78 Å². The minimum atomic E-state index is -0.0230. The molecule has 3 aromatic rings. The van der Waals surface area contributed by atoms with Crippen LogP contribution in [0.3, 0.4) is 0 Å². The number of carbonyl (C=O) groups excluding carboxylic acids is 2. The molecule has 2 aromatic heterocycles. The summed E-state index contributed by atoms with van der Waals surface area (Å²) in [7, 11) is 1.75. The molecule has 8 heteroatoms. The summed E-state index contributed by atoms with van der Waals surface area (Å²) < 4.78 is 5.81. The maximum Gasteiger partial charge on any atom is 0.277 e. The molecule has 0 unspecified atom stereocenters. The van der Waals surface area contributed by atoms with Gasteiger partial charge in [-0.05, 0) is 60.6 Å². The Morgan fingerprint density at radius 2 is 2.17 bits per heavy atom. The third-order valence-electron chi connectivity index (χ3n) is 5.75. The number of thioether (sulfide) groups is 1. The van der Waals surface area contributed by atoms with Gasteiger partial charge in [-0.3, -0.25) is 9.59 Å². The Morgan fingerprint density at radius 1 is 1.30 bits per heavy atom. The lowest BCUT2D eigenvalue weighted by Crippen LogP contribution is -2.20. The van der Waals surface area contributed by atoms with Gasteiger partial charge in [0.25, 0.3) is 11.1 Å². The maximum atomic E-state index is 12.6. The van der Waals surface area contributed by atoms with E-state index in [0.717, 1.165) is 34.9 Å². The van der Waals surface area contributed by atoms with Crippen molar-refractivity contribution in [2.24, 2.45) is 5.92 Å². The van der Waals surface area contributed by atoms with Crippen LogP contribution in [-0.2, 0) is 24.1 Å². The fraction of sp³-hybridized carbons (Fsp3) is 0.364. The largest absolute Gasteiger partial charge is 0.410 e. The second-order valence-corrected chi connectivity index (χ2v) is 10.0. The van der Waals surface area contributed by atoms with Crippen molar-refractivity contribution >= 4 is 40.5 Å². The first kappa shape index (κ1) is 19.5. The number of fused-ring (bicyclic) bond motifs is 2. The minimum Gasteiger partial charge on any atom is -0.410 e. The van der Waals surface area contributed by atoms with Crippen LogP contribution in [0, 0.1) is 5.92 Å². The topological polar surface area (TPSA) is 76.3 Å². The highest BCUT2D eigenvalue weighted by Gasteiger charge is 2.25. The number of Topliss-reactive ketones (excluding diaryl/α,β-unsaturated/α-hetero) is 1. The highest BCUT2D eigenvalue weighted by molar-refractivity contribution is 7.99. The van der Waals surface area contributed by atoms with Crippen LogP contribution in [0.25, 0.3) is 10.8 Å². The number of amides is 1. The van der Waals surface area contributed by atoms with Crippen molar-refractivity contribution in [3.63, 3.8) is 0 Å². The first-order valence-corrected chi connectivity index (χ1v) is 11.8. The highest BCUT2D eigenvalue weighted by Crippen LogP contribution is 2.37. The van der Waals surface area contributed by atoms with Crippen molar-refractivity contribution < 1.29 is 14.0 Å². The summed E-state index contributed by atoms with van der Waals surface area (Å²) in [6, 6.07) is 7.59. The zero-order chi connectivity index (χ0) is 20.8. The van der Waals surface area contributed by atoms with E-state index in [1.807, 2.05) is 12.1 Å². The molecule has 0 saturated carbocycles. The van der Waals surface area contributed by atoms with E-state index in [4.69, 9.17) is 4.42 Å². The molecule has 1 aliphatic carbocycles. The Kier molecular flexibility index (Phi) is 4.99. The monoisotopic (exact) mass is 439 g/mol. The van der Waals surface area contributed by atoms with Crippen molar-refractivity contribution in [3.8, 4) is 10.8 Å². The lowest BCUT2D eigenvalue weighted by atomic mass is 9.90. The summed E-state index contributed by atoms with van der Waals surface area (Å²) in [4.78, 5) is 28.5. The Morgan fingerprint density at radius 3 is 3.03 bits per heavy atom. The molecule has 3 heterocycles. The normalized spacial score (nSPS) is 17.9. The average Bonchev–Trinajstić information content (AvgIpc) is 3.43. The van der Waals surface area contributed by atoms with Crippen LogP contribution in [0.1, 0.15) is 39.7 Å². The maximum absolute atomic E-state index is 12.6. The van der Waals surface area contributed by atoms with Crippen LogP contribution in [-0.4, -0.2) is 34.7 Å². The molecule has 2 aliphatic rings. The summed E-state index contributed by atoms with van der Waals surface area (Å²) in [5.41, 5.74) is 3.77. The fourth-order valence-electron chi connectivity index (χ4n) is 4.03. The van der Waals surface area contributed by atoms with Gasteiger partial charge >= 0.3 is 0 Å². The molecule has 0 bridgehead atoms. The molecule has 0 spiro atoms. The van der Waals surface area contributed by atoms with Crippen molar-refractivity contribution in [2.75, 3.05) is 17.7 Å². The van der Waals surface area contributed by atoms with Gasteiger partial charge in [0, 0.05) is 23.2 Å². The van der Waals surface area contributed by atoms with E-state index in [0.29, 0.717) is 23.1 Å². The van der Waals surface area contributed by atoms with Crippen molar-refractivity contribution in [1.29, 1.82) is 0 Å². The zero-order valence-corrected chi connectivity index (χ0v) is 18.4. The van der Waals surface area contributed by atoms with Crippen LogP contribution >= 0.6 is 23.1 Å². The first-order chi connectivity index (χ1) is 14.5. The molecule has 6 nitrogen and oxygen atoms in total. The number of likely N-dealkylation sites (N-methyl/N-ethyl adjacent to an activating group) is 1. The number of ketones is 1. The Hall–Kier alpha value is -2.45. The van der Waals surface area contributed by atoms with Crippen LogP contribution < -0.4 is 4.90 Å². The van der Waals surface area contributed by atoms with E-state index in [1.165, 1.54) is 28.6 Å². The number of hydrogen-bond donors (Lipinski definition) is 0. The second kappa shape index (κ2) is 7.67. The SMILES string of the molecule is C[C@@H]1CCc2sc(-c3nnc(SCC(=O)c4ccc5c(c4)CC(=O)N5C)o3)cc2C1. The number of anilines is 1. The summed E-state index contributed by atoms with van der Waals surface area (Å²) in [5, 5.41) is 8.69. The lowest BCUT2D eigenvalue weighted by molar-refractivity contribution is -0.117.